The van der Waals surface area contributed by atoms with Crippen LogP contribution in [0.5, 0.6) is 23.1 Å². The minimum atomic E-state index is -1.48. The van der Waals surface area contributed by atoms with Gasteiger partial charge in [-0.1, -0.05) is 12.1 Å². The van der Waals surface area contributed by atoms with Gasteiger partial charge < -0.3 is 42.6 Å². The Morgan fingerprint density at radius 2 is 1.45 bits per heavy atom. The first-order valence-electron chi connectivity index (χ1n) is 16.5. The lowest BCUT2D eigenvalue weighted by Gasteiger charge is -2.43. The Morgan fingerprint density at radius 3 is 2.06 bits per heavy atom. The van der Waals surface area contributed by atoms with Gasteiger partial charge in [-0.3, -0.25) is 23.9 Å². The van der Waals surface area contributed by atoms with Gasteiger partial charge in [0.2, 0.25) is 18.3 Å². The molecular formula is C36H42N2O13. The first kappa shape index (κ1) is 37.0. The Bertz CT molecular complexity index is 1740. The zero-order valence-electron chi connectivity index (χ0n) is 29.5. The first-order valence-corrected chi connectivity index (χ1v) is 16.5. The Balaban J connectivity index is 1.65. The van der Waals surface area contributed by atoms with Crippen LogP contribution >= 0.6 is 0 Å². The maximum Gasteiger partial charge on any atom is 0.303 e. The summed E-state index contributed by atoms with van der Waals surface area (Å²) < 4.78 is 53.6. The molecule has 2 aromatic carbocycles. The van der Waals surface area contributed by atoms with Gasteiger partial charge >= 0.3 is 23.9 Å². The van der Waals surface area contributed by atoms with E-state index in [1.165, 1.54) is 6.92 Å². The summed E-state index contributed by atoms with van der Waals surface area (Å²) in [4.78, 5) is 48.9. The summed E-state index contributed by atoms with van der Waals surface area (Å²) in [5.41, 5.74) is 3.00. The largest absolute Gasteiger partial charge is 0.497 e. The quantitative estimate of drug-likeness (QED) is 0.196. The van der Waals surface area contributed by atoms with Crippen molar-refractivity contribution in [3.63, 3.8) is 0 Å². The van der Waals surface area contributed by atoms with Gasteiger partial charge in [-0.15, -0.1) is 5.10 Å². The van der Waals surface area contributed by atoms with Crippen molar-refractivity contribution in [1.29, 1.82) is 0 Å². The van der Waals surface area contributed by atoms with E-state index in [4.69, 9.17) is 47.7 Å². The number of nitrogens with zero attached hydrogens (tertiary/aromatic N) is 2. The number of methoxy groups -OCH3 is 1. The molecule has 1 saturated heterocycles. The van der Waals surface area contributed by atoms with Crippen molar-refractivity contribution in [3.05, 3.63) is 53.6 Å². The number of esters is 4. The number of carbonyl (C=O) groups is 4. The van der Waals surface area contributed by atoms with E-state index in [9.17, 15) is 19.2 Å². The number of hydrogen-bond donors (Lipinski definition) is 0. The van der Waals surface area contributed by atoms with Crippen molar-refractivity contribution in [2.75, 3.05) is 26.9 Å². The second-order valence-corrected chi connectivity index (χ2v) is 12.2. The minimum Gasteiger partial charge on any atom is -0.497 e. The standard InChI is InChI=1S/C36H42N2O13/c1-19(2)38-31(25-10-13-28-29(17-25)45-15-14-44-28)27(16-24-8-11-26(43-7)12-9-24)35(37-38)51-36-34(49-23(6)42)33(48-22(5)41)32(47-21(4)40)30(50-36)18-46-20(3)39/h8-13,17,19,30,32-34,36H,14-16,18H2,1-7H3/t30-,32-,33+,34-,36+/m1/s1. The summed E-state index contributed by atoms with van der Waals surface area (Å²) in [5.74, 6) is -0.896. The molecule has 1 fully saturated rings. The Kier molecular flexibility index (Phi) is 11.7. The van der Waals surface area contributed by atoms with E-state index < -0.39 is 61.2 Å². The van der Waals surface area contributed by atoms with E-state index in [2.05, 4.69) is 0 Å². The summed E-state index contributed by atoms with van der Waals surface area (Å²) in [5, 5.41) is 4.89. The molecule has 51 heavy (non-hydrogen) atoms. The highest BCUT2D eigenvalue weighted by Crippen LogP contribution is 2.41. The molecule has 15 nitrogen and oxygen atoms in total. The normalized spacial score (nSPS) is 21.0. The third-order valence-electron chi connectivity index (χ3n) is 7.99. The molecule has 0 N–H and O–H groups in total. The van der Waals surface area contributed by atoms with Gasteiger partial charge in [-0.05, 0) is 49.7 Å². The van der Waals surface area contributed by atoms with Crippen molar-refractivity contribution in [1.82, 2.24) is 9.78 Å². The molecule has 0 saturated carbocycles. The highest BCUT2D eigenvalue weighted by atomic mass is 16.7. The molecule has 15 heteroatoms. The summed E-state index contributed by atoms with van der Waals surface area (Å²) in [6.45, 7) is 9.03. The molecule has 0 bridgehead atoms. The van der Waals surface area contributed by atoms with Crippen molar-refractivity contribution in [2.24, 2.45) is 0 Å². The Labute approximate surface area is 294 Å². The maximum atomic E-state index is 12.5. The molecule has 3 aromatic rings. The average Bonchev–Trinajstić information content (AvgIpc) is 3.43. The van der Waals surface area contributed by atoms with Crippen molar-refractivity contribution >= 4 is 23.9 Å². The molecule has 0 unspecified atom stereocenters. The zero-order valence-corrected chi connectivity index (χ0v) is 29.5. The molecule has 0 aliphatic carbocycles. The van der Waals surface area contributed by atoms with Crippen LogP contribution in [0.2, 0.25) is 0 Å². The van der Waals surface area contributed by atoms with E-state index in [1.54, 1.807) is 11.8 Å². The predicted molar refractivity (Wildman–Crippen MR) is 177 cm³/mol. The molecule has 1 aromatic heterocycles. The van der Waals surface area contributed by atoms with Gasteiger partial charge in [0.1, 0.15) is 31.7 Å². The molecular weight excluding hydrogens is 668 g/mol. The van der Waals surface area contributed by atoms with Crippen LogP contribution in [0.25, 0.3) is 11.3 Å². The minimum absolute atomic E-state index is 0.116. The van der Waals surface area contributed by atoms with Gasteiger partial charge in [0.25, 0.3) is 0 Å². The highest BCUT2D eigenvalue weighted by molar-refractivity contribution is 5.71. The van der Waals surface area contributed by atoms with Crippen LogP contribution in [0.1, 0.15) is 58.7 Å². The number of hydrogen-bond acceptors (Lipinski definition) is 14. The molecule has 5 rings (SSSR count). The van der Waals surface area contributed by atoms with Gasteiger partial charge in [0.15, 0.2) is 23.7 Å². The summed E-state index contributed by atoms with van der Waals surface area (Å²) in [6.07, 6.45) is -6.56. The second kappa shape index (κ2) is 16.1. The van der Waals surface area contributed by atoms with Crippen molar-refractivity contribution in [2.45, 2.75) is 84.7 Å². The molecule has 0 spiro atoms. The number of ether oxygens (including phenoxy) is 9. The zero-order chi connectivity index (χ0) is 36.8. The molecule has 5 atom stereocenters. The van der Waals surface area contributed by atoms with Gasteiger partial charge in [-0.2, -0.15) is 0 Å². The van der Waals surface area contributed by atoms with Gasteiger partial charge in [-0.25, -0.2) is 0 Å². The van der Waals surface area contributed by atoms with Crippen LogP contribution in [0.3, 0.4) is 0 Å². The Morgan fingerprint density at radius 1 is 0.824 bits per heavy atom. The van der Waals surface area contributed by atoms with E-state index in [0.717, 1.165) is 31.9 Å². The second-order valence-electron chi connectivity index (χ2n) is 12.2. The fourth-order valence-electron chi connectivity index (χ4n) is 5.91. The number of rotatable bonds is 12. The van der Waals surface area contributed by atoms with Gasteiger partial charge in [0.05, 0.1) is 12.8 Å². The third kappa shape index (κ3) is 8.89. The van der Waals surface area contributed by atoms with E-state index in [1.807, 2.05) is 56.3 Å². The molecule has 2 aliphatic rings. The number of benzene rings is 2. The van der Waals surface area contributed by atoms with E-state index in [0.29, 0.717) is 48.1 Å². The monoisotopic (exact) mass is 710 g/mol. The number of carbonyl (C=O) groups excluding carboxylic acids is 4. The van der Waals surface area contributed by atoms with Crippen molar-refractivity contribution in [3.8, 4) is 34.4 Å². The number of fused-ring (bicyclic) bond motifs is 1. The SMILES string of the molecule is COc1ccc(Cc2c(O[C@@H]3O[C@H](COC(C)=O)[C@@H](OC(C)=O)[C@H](OC(C)=O)[C@H]3OC(C)=O)nn(C(C)C)c2-c2ccc3c(c2)OCCO3)cc1. The predicted octanol–water partition coefficient (Wildman–Crippen LogP) is 3.96. The topological polar surface area (TPSA) is 169 Å². The fourth-order valence-corrected chi connectivity index (χ4v) is 5.91. The van der Waals surface area contributed by atoms with E-state index >= 15 is 0 Å². The summed E-state index contributed by atoms with van der Waals surface area (Å²) in [6, 6.07) is 12.9. The van der Waals surface area contributed by atoms with E-state index in [-0.39, 0.29) is 11.9 Å². The lowest BCUT2D eigenvalue weighted by Crippen LogP contribution is -2.63. The van der Waals surface area contributed by atoms with Crippen molar-refractivity contribution < 1.29 is 61.8 Å². The molecule has 0 radical (unpaired) electrons. The fraction of sp³-hybridized carbons (Fsp3) is 0.472. The highest BCUT2D eigenvalue weighted by Gasteiger charge is 2.53. The summed E-state index contributed by atoms with van der Waals surface area (Å²) >= 11 is 0. The van der Waals surface area contributed by atoms with Gasteiger partial charge in [0, 0.05) is 51.3 Å². The lowest BCUT2D eigenvalue weighted by atomic mass is 9.97. The van der Waals surface area contributed by atoms with Crippen LogP contribution < -0.4 is 18.9 Å². The third-order valence-corrected chi connectivity index (χ3v) is 7.99. The van der Waals surface area contributed by atoms with Crippen LogP contribution in [-0.2, 0) is 49.3 Å². The van der Waals surface area contributed by atoms with Crippen LogP contribution in [0, 0.1) is 0 Å². The summed E-state index contributed by atoms with van der Waals surface area (Å²) in [7, 11) is 1.58. The molecule has 3 heterocycles. The smallest absolute Gasteiger partial charge is 0.303 e. The average molecular weight is 711 g/mol. The Hall–Kier alpha value is -5.31. The molecule has 274 valence electrons. The van der Waals surface area contributed by atoms with Crippen LogP contribution in [-0.4, -0.2) is 91.3 Å². The first-order chi connectivity index (χ1) is 24.3. The van der Waals surface area contributed by atoms with Crippen LogP contribution in [0.4, 0.5) is 0 Å². The maximum absolute atomic E-state index is 12.5. The van der Waals surface area contributed by atoms with Crippen LogP contribution in [0.15, 0.2) is 42.5 Å². The number of aromatic nitrogens is 2. The molecule has 2 aliphatic heterocycles. The molecule has 0 amide bonds. The lowest BCUT2D eigenvalue weighted by molar-refractivity contribution is -0.289.